The summed E-state index contributed by atoms with van der Waals surface area (Å²) in [6.45, 7) is 3.77. The van der Waals surface area contributed by atoms with Crippen molar-refractivity contribution in [2.75, 3.05) is 0 Å². The fraction of sp³-hybridized carbons (Fsp3) is 0.214. The van der Waals surface area contributed by atoms with E-state index < -0.39 is 10.0 Å². The van der Waals surface area contributed by atoms with Gasteiger partial charge in [0.05, 0.1) is 0 Å². The largest absolute Gasteiger partial charge is 0.250 e. The van der Waals surface area contributed by atoms with Crippen molar-refractivity contribution >= 4 is 21.4 Å². The molecule has 0 amide bonds. The van der Waals surface area contributed by atoms with Crippen molar-refractivity contribution in [3.63, 3.8) is 0 Å². The Bertz CT molecular complexity index is 740. The standard InChI is InChI=1S/C14H14N2O2S2/c1-10-3-5-12(6-4-10)11(2)16-20(17,18)14-8-7-13(9-15)19-14/h3-8,11,16H,1-2H3. The molecule has 0 fully saturated rings. The third kappa shape index (κ3) is 3.25. The zero-order chi connectivity index (χ0) is 14.8. The number of nitrogens with one attached hydrogen (secondary N) is 1. The second kappa shape index (κ2) is 5.75. The monoisotopic (exact) mass is 306 g/mol. The summed E-state index contributed by atoms with van der Waals surface area (Å²) >= 11 is 0.968. The van der Waals surface area contributed by atoms with Crippen LogP contribution in [0, 0.1) is 18.3 Å². The van der Waals surface area contributed by atoms with Gasteiger partial charge in [0.1, 0.15) is 15.2 Å². The number of benzene rings is 1. The van der Waals surface area contributed by atoms with Crippen LogP contribution in [-0.4, -0.2) is 8.42 Å². The topological polar surface area (TPSA) is 70.0 Å². The molecule has 0 aliphatic carbocycles. The van der Waals surface area contributed by atoms with Gasteiger partial charge in [0, 0.05) is 6.04 Å². The number of rotatable bonds is 4. The lowest BCUT2D eigenvalue weighted by atomic mass is 10.1. The van der Waals surface area contributed by atoms with Crippen molar-refractivity contribution in [2.45, 2.75) is 24.1 Å². The van der Waals surface area contributed by atoms with Crippen LogP contribution in [0.1, 0.15) is 29.0 Å². The summed E-state index contributed by atoms with van der Waals surface area (Å²) in [5.41, 5.74) is 2.02. The lowest BCUT2D eigenvalue weighted by molar-refractivity contribution is 0.569. The van der Waals surface area contributed by atoms with Crippen LogP contribution >= 0.6 is 11.3 Å². The van der Waals surface area contributed by atoms with E-state index in [9.17, 15) is 8.42 Å². The summed E-state index contributed by atoms with van der Waals surface area (Å²) in [5.74, 6) is 0. The Balaban J connectivity index is 2.20. The minimum absolute atomic E-state index is 0.160. The highest BCUT2D eigenvalue weighted by molar-refractivity contribution is 7.91. The maximum Gasteiger partial charge on any atom is 0.250 e. The molecule has 1 heterocycles. The van der Waals surface area contributed by atoms with Crippen LogP contribution in [0.4, 0.5) is 0 Å². The third-order valence-corrected chi connectivity index (χ3v) is 5.89. The van der Waals surface area contributed by atoms with Gasteiger partial charge in [-0.25, -0.2) is 13.1 Å². The lowest BCUT2D eigenvalue weighted by Crippen LogP contribution is -2.26. The summed E-state index contributed by atoms with van der Waals surface area (Å²) in [6, 6.07) is 12.3. The van der Waals surface area contributed by atoms with Crippen LogP contribution in [0.25, 0.3) is 0 Å². The molecule has 0 saturated carbocycles. The number of hydrogen-bond donors (Lipinski definition) is 1. The summed E-state index contributed by atoms with van der Waals surface area (Å²) in [4.78, 5) is 0.383. The second-order valence-corrected chi connectivity index (χ2v) is 7.51. The van der Waals surface area contributed by atoms with E-state index >= 15 is 0 Å². The van der Waals surface area contributed by atoms with Crippen LogP contribution in [0.2, 0.25) is 0 Å². The van der Waals surface area contributed by atoms with Crippen molar-refractivity contribution in [2.24, 2.45) is 0 Å². The molecular formula is C14H14N2O2S2. The third-order valence-electron chi connectivity index (χ3n) is 2.87. The Morgan fingerprint density at radius 3 is 2.40 bits per heavy atom. The molecule has 0 bridgehead atoms. The molecule has 104 valence electrons. The minimum atomic E-state index is -3.59. The first kappa shape index (κ1) is 14.7. The molecule has 2 rings (SSSR count). The normalized spacial score (nSPS) is 12.8. The molecule has 1 N–H and O–H groups in total. The van der Waals surface area contributed by atoms with Crippen molar-refractivity contribution in [3.05, 3.63) is 52.4 Å². The van der Waals surface area contributed by atoms with Crippen molar-refractivity contribution in [3.8, 4) is 6.07 Å². The van der Waals surface area contributed by atoms with Gasteiger partial charge in [-0.2, -0.15) is 5.26 Å². The Morgan fingerprint density at radius 1 is 1.20 bits per heavy atom. The first-order valence-electron chi connectivity index (χ1n) is 6.01. The van der Waals surface area contributed by atoms with Crippen LogP contribution in [0.15, 0.2) is 40.6 Å². The number of nitrogens with zero attached hydrogens (tertiary/aromatic N) is 1. The van der Waals surface area contributed by atoms with Gasteiger partial charge in [0.2, 0.25) is 0 Å². The molecule has 4 nitrogen and oxygen atoms in total. The van der Waals surface area contributed by atoms with Gasteiger partial charge in [-0.05, 0) is 31.5 Å². The summed E-state index contributed by atoms with van der Waals surface area (Å²) in [6.07, 6.45) is 0. The van der Waals surface area contributed by atoms with Gasteiger partial charge in [-0.15, -0.1) is 11.3 Å². The first-order valence-corrected chi connectivity index (χ1v) is 8.31. The molecule has 1 aromatic heterocycles. The zero-order valence-corrected chi connectivity index (χ0v) is 12.8. The molecule has 0 radical (unpaired) electrons. The van der Waals surface area contributed by atoms with E-state index in [2.05, 4.69) is 4.72 Å². The maximum atomic E-state index is 12.2. The number of sulfonamides is 1. The van der Waals surface area contributed by atoms with Crippen LogP contribution in [0.3, 0.4) is 0 Å². The van der Waals surface area contributed by atoms with Gasteiger partial charge in [0.15, 0.2) is 0 Å². The predicted molar refractivity (Wildman–Crippen MR) is 78.9 cm³/mol. The van der Waals surface area contributed by atoms with Gasteiger partial charge >= 0.3 is 0 Å². The summed E-state index contributed by atoms with van der Waals surface area (Å²) < 4.78 is 27.2. The smallest absolute Gasteiger partial charge is 0.206 e. The van der Waals surface area contributed by atoms with Gasteiger partial charge < -0.3 is 0 Å². The molecule has 1 aromatic carbocycles. The number of nitriles is 1. The van der Waals surface area contributed by atoms with E-state index in [1.165, 1.54) is 12.1 Å². The van der Waals surface area contributed by atoms with Crippen molar-refractivity contribution in [1.82, 2.24) is 4.72 Å². The Kier molecular flexibility index (Phi) is 4.23. The highest BCUT2D eigenvalue weighted by atomic mass is 32.2. The Hall–Kier alpha value is -1.68. The fourth-order valence-electron chi connectivity index (χ4n) is 1.74. The van der Waals surface area contributed by atoms with Crippen LogP contribution in [0.5, 0.6) is 0 Å². The molecule has 0 aliphatic heterocycles. The van der Waals surface area contributed by atoms with Gasteiger partial charge in [-0.1, -0.05) is 29.8 Å². The lowest BCUT2D eigenvalue weighted by Gasteiger charge is -2.14. The number of aryl methyl sites for hydroxylation is 1. The van der Waals surface area contributed by atoms with E-state index in [4.69, 9.17) is 5.26 Å². The molecule has 0 saturated heterocycles. The summed E-state index contributed by atoms with van der Waals surface area (Å²) in [5, 5.41) is 8.75. The molecule has 20 heavy (non-hydrogen) atoms. The molecule has 1 atom stereocenters. The van der Waals surface area contributed by atoms with E-state index in [0.29, 0.717) is 4.88 Å². The van der Waals surface area contributed by atoms with E-state index in [-0.39, 0.29) is 10.3 Å². The predicted octanol–water partition coefficient (Wildman–Crippen LogP) is 2.97. The Labute approximate surface area is 122 Å². The zero-order valence-electron chi connectivity index (χ0n) is 11.1. The van der Waals surface area contributed by atoms with E-state index in [1.54, 1.807) is 6.92 Å². The SMILES string of the molecule is Cc1ccc(C(C)NS(=O)(=O)c2ccc(C#N)s2)cc1. The minimum Gasteiger partial charge on any atom is -0.206 e. The van der Waals surface area contributed by atoms with Crippen molar-refractivity contribution < 1.29 is 8.42 Å². The number of hydrogen-bond acceptors (Lipinski definition) is 4. The molecule has 0 spiro atoms. The average molecular weight is 306 g/mol. The Morgan fingerprint density at radius 2 is 1.85 bits per heavy atom. The highest BCUT2D eigenvalue weighted by Crippen LogP contribution is 2.23. The second-order valence-electron chi connectivity index (χ2n) is 4.48. The maximum absolute atomic E-state index is 12.2. The first-order chi connectivity index (χ1) is 9.42. The molecule has 0 aliphatic rings. The van der Waals surface area contributed by atoms with E-state index in [0.717, 1.165) is 22.5 Å². The quantitative estimate of drug-likeness (QED) is 0.944. The molecular weight excluding hydrogens is 292 g/mol. The number of thiophene rings is 1. The van der Waals surface area contributed by atoms with E-state index in [1.807, 2.05) is 37.3 Å². The van der Waals surface area contributed by atoms with Gasteiger partial charge in [-0.3, -0.25) is 0 Å². The molecule has 1 unspecified atom stereocenters. The molecule has 6 heteroatoms. The van der Waals surface area contributed by atoms with Crippen LogP contribution < -0.4 is 4.72 Å². The highest BCUT2D eigenvalue weighted by Gasteiger charge is 2.20. The van der Waals surface area contributed by atoms with Crippen molar-refractivity contribution in [1.29, 1.82) is 5.26 Å². The molecule has 2 aromatic rings. The van der Waals surface area contributed by atoms with Crippen LogP contribution in [-0.2, 0) is 10.0 Å². The summed E-state index contributed by atoms with van der Waals surface area (Å²) in [7, 11) is -3.59. The fourth-order valence-corrected chi connectivity index (χ4v) is 4.09. The van der Waals surface area contributed by atoms with Gasteiger partial charge in [0.25, 0.3) is 10.0 Å². The average Bonchev–Trinajstić information content (AvgIpc) is 2.88.